The van der Waals surface area contributed by atoms with E-state index in [1.54, 1.807) is 42.6 Å². The van der Waals surface area contributed by atoms with Gasteiger partial charge in [-0.3, -0.25) is 0 Å². The van der Waals surface area contributed by atoms with Gasteiger partial charge in [0.05, 0.1) is 46.0 Å². The Morgan fingerprint density at radius 2 is 0.784 bits per heavy atom. The SMILES string of the molecule is CN(C)C1=CC2C3C=C(N(C)C)C=CN3CCCN2C=C1.CN1c2ccccc2N(C)C12CCCCC21N(C)c2ccccc2N1C.N#CC(C#N)=C1c2cc(-c3c(F)c(F)c(F)c(F)c3F)ccc2-c2cc3c(cc21)-c1ccc(-c2c(F)c(F)c(F)c(F)c2F)cc1C3=C(C#N)C#N.[Li+].[O-]c1cccc2ccc[nH+]c12. The Hall–Kier alpha value is -12.3. The van der Waals surface area contributed by atoms with Gasteiger partial charge in [0.15, 0.2) is 64.1 Å². The number of rotatable bonds is 4. The number of aromatic nitrogens is 1. The fourth-order valence-corrected chi connectivity index (χ4v) is 17.1. The number of allylic oxidation sites excluding steroid dienone is 4. The number of hydrogen-bond acceptors (Lipinski definition) is 13. The van der Waals surface area contributed by atoms with Crippen molar-refractivity contribution in [2.45, 2.75) is 55.5 Å². The molecule has 17 rings (SSSR count). The maximum Gasteiger partial charge on any atom is 1.00 e. The van der Waals surface area contributed by atoms with E-state index in [-0.39, 0.29) is 91.6 Å². The van der Waals surface area contributed by atoms with Crippen LogP contribution in [0.25, 0.3) is 66.6 Å². The Morgan fingerprint density at radius 1 is 0.432 bits per heavy atom. The van der Waals surface area contributed by atoms with Gasteiger partial charge in [-0.25, -0.2) is 48.9 Å². The van der Waals surface area contributed by atoms with Gasteiger partial charge in [0.1, 0.15) is 35.4 Å². The Labute approximate surface area is 647 Å². The maximum atomic E-state index is 14.8. The van der Waals surface area contributed by atoms with Crippen LogP contribution < -0.4 is 48.6 Å². The zero-order chi connectivity index (χ0) is 78.3. The van der Waals surface area contributed by atoms with Crippen LogP contribution in [0.15, 0.2) is 193 Å². The van der Waals surface area contributed by atoms with Gasteiger partial charge in [-0.05, 0) is 178 Å². The molecule has 0 radical (unpaired) electrons. The molecular weight excluding hydrogens is 1430 g/mol. The number of benzene rings is 8. The zero-order valence-corrected chi connectivity index (χ0v) is 61.8. The summed E-state index contributed by atoms with van der Waals surface area (Å²) >= 11 is 0. The van der Waals surface area contributed by atoms with Crippen molar-refractivity contribution in [3.63, 3.8) is 0 Å². The molecule has 554 valence electrons. The number of aromatic amines is 1. The molecule has 2 unspecified atom stereocenters. The first-order chi connectivity index (χ1) is 52.8. The molecule has 9 aromatic rings. The van der Waals surface area contributed by atoms with Crippen LogP contribution in [-0.2, 0) is 0 Å². The van der Waals surface area contributed by atoms with E-state index in [4.69, 9.17) is 0 Å². The molecule has 25 heteroatoms. The molecule has 2 fully saturated rings. The van der Waals surface area contributed by atoms with Crippen molar-refractivity contribution in [2.24, 2.45) is 0 Å². The molecule has 3 aliphatic carbocycles. The number of nitriles is 4. The summed E-state index contributed by atoms with van der Waals surface area (Å²) in [6.07, 6.45) is 21.6. The van der Waals surface area contributed by atoms with Crippen LogP contribution in [0.1, 0.15) is 54.4 Å². The van der Waals surface area contributed by atoms with Gasteiger partial charge in [0.25, 0.3) is 0 Å². The summed E-state index contributed by atoms with van der Waals surface area (Å²) in [4.78, 5) is 22.5. The second kappa shape index (κ2) is 29.9. The van der Waals surface area contributed by atoms with Gasteiger partial charge >= 0.3 is 18.9 Å². The fraction of sp³-hybridized carbons (Fsp3) is 0.221. The standard InChI is InChI=1S/C38H8F10N4.C22H28N4.C17H26N4.C9H7NO.Li/c39-29-27(30(40)34(44)37(47)33(29)43)13-1-3-17-19-7-24-20(8-23(19)25(21(17)5-13)15(9-49)10-50)18-4-2-14(6-22(18)26(24)16(11-51)12-52)28-31(41)35(45)38(48)36(46)32(28)42;1-23-17-11-5-6-12-18(17)24(2)21(23)15-9-10-16-22(21)25(3)19-13-7-8-14-20(19)26(22)4;1-18(2)14-6-10-20-8-5-9-21-11-7-15(19(3)4)13-17(21)16(20)12-14;11-8-5-1-3-7-4-2-6-10-9(7)8;/h1-8H;5-8,11-14H,9-10,15-16H2,1-4H3;6-7,10-13,16-17H,5,8-9H2,1-4H3;1-6,11H;/q;;;;+1. The molecule has 14 nitrogen and oxygen atoms in total. The first-order valence-electron chi connectivity index (χ1n) is 35.3. The minimum atomic E-state index is -2.38. The first kappa shape index (κ1) is 76.8. The van der Waals surface area contributed by atoms with Gasteiger partial charge in [0.2, 0.25) is 17.2 Å². The normalized spacial score (nSPS) is 17.0. The second-order valence-corrected chi connectivity index (χ2v) is 28.2. The van der Waals surface area contributed by atoms with Crippen LogP contribution in [0.3, 0.4) is 0 Å². The fourth-order valence-electron chi connectivity index (χ4n) is 17.1. The molecule has 5 aliphatic heterocycles. The molecule has 6 heterocycles. The summed E-state index contributed by atoms with van der Waals surface area (Å²) < 4.78 is 143. The Balaban J connectivity index is 0.000000150. The Bertz CT molecular complexity index is 5280. The van der Waals surface area contributed by atoms with E-state index in [0.717, 1.165) is 55.6 Å². The van der Waals surface area contributed by atoms with Gasteiger partial charge in [0, 0.05) is 116 Å². The number of pyridine rings is 1. The van der Waals surface area contributed by atoms with E-state index in [1.165, 1.54) is 77.7 Å². The van der Waals surface area contributed by atoms with Crippen molar-refractivity contribution < 1.29 is 72.9 Å². The zero-order valence-electron chi connectivity index (χ0n) is 61.8. The average molecular weight is 1500 g/mol. The average Bonchev–Trinajstić information content (AvgIpc) is 1.50. The summed E-state index contributed by atoms with van der Waals surface area (Å²) in [5.41, 5.74) is 4.72. The van der Waals surface area contributed by atoms with E-state index >= 15 is 0 Å². The van der Waals surface area contributed by atoms with Gasteiger partial charge < -0.3 is 44.3 Å². The van der Waals surface area contributed by atoms with E-state index < -0.39 is 91.6 Å². The summed E-state index contributed by atoms with van der Waals surface area (Å²) in [6, 6.07) is 43.8. The molecule has 1 saturated carbocycles. The van der Waals surface area contributed by atoms with Crippen molar-refractivity contribution >= 4 is 44.8 Å². The van der Waals surface area contributed by atoms with Gasteiger partial charge in [-0.1, -0.05) is 60.7 Å². The second-order valence-electron chi connectivity index (χ2n) is 28.2. The number of likely N-dealkylation sites (N-methyl/N-ethyl adjacent to an activating group) is 6. The molecule has 0 bridgehead atoms. The van der Waals surface area contributed by atoms with Crippen molar-refractivity contribution in [3.05, 3.63) is 273 Å². The monoisotopic (exact) mass is 1500 g/mol. The molecule has 1 aromatic heterocycles. The minimum absolute atomic E-state index is 0. The molecule has 0 amide bonds. The molecule has 1 saturated heterocycles. The number of para-hydroxylation sites is 5. The number of nitrogens with one attached hydrogen (secondary N) is 1. The summed E-state index contributed by atoms with van der Waals surface area (Å²) in [6.45, 7) is 2.26. The number of nitrogens with zero attached hydrogens (tertiary/aromatic N) is 12. The largest absolute Gasteiger partial charge is 1.00 e. The Morgan fingerprint density at radius 3 is 1.14 bits per heavy atom. The smallest absolute Gasteiger partial charge is 0.868 e. The molecule has 8 aromatic carbocycles. The van der Waals surface area contributed by atoms with E-state index in [2.05, 4.69) is 186 Å². The Kier molecular flexibility index (Phi) is 20.7. The van der Waals surface area contributed by atoms with E-state index in [1.807, 2.05) is 18.2 Å². The molecular formula is C86H69F10LiN13O+. The van der Waals surface area contributed by atoms with Crippen molar-refractivity contribution in [1.82, 2.24) is 19.6 Å². The topological polar surface area (TPSA) is 158 Å². The third kappa shape index (κ3) is 12.2. The first-order valence-corrected chi connectivity index (χ1v) is 35.3. The molecule has 1 N–H and O–H groups in total. The number of H-pyrrole nitrogens is 1. The quantitative estimate of drug-likeness (QED) is 0.0539. The van der Waals surface area contributed by atoms with Crippen LogP contribution in [0.5, 0.6) is 5.75 Å². The molecule has 8 aliphatic rings. The van der Waals surface area contributed by atoms with E-state index in [0.29, 0.717) is 17.6 Å². The number of anilines is 4. The number of halogens is 10. The van der Waals surface area contributed by atoms with Crippen LogP contribution >= 0.6 is 0 Å². The van der Waals surface area contributed by atoms with Crippen LogP contribution in [0.4, 0.5) is 66.7 Å². The predicted octanol–water partition coefficient (Wildman–Crippen LogP) is 13.6. The van der Waals surface area contributed by atoms with Gasteiger partial charge in [-0.2, -0.15) is 21.0 Å². The molecule has 2 spiro atoms. The van der Waals surface area contributed by atoms with Crippen molar-refractivity contribution in [2.75, 3.05) is 89.1 Å². The summed E-state index contributed by atoms with van der Waals surface area (Å²) in [5, 5.41) is 51.6. The van der Waals surface area contributed by atoms with E-state index in [9.17, 15) is 70.1 Å². The third-order valence-corrected chi connectivity index (χ3v) is 22.4. The molecule has 2 atom stereocenters. The summed E-state index contributed by atoms with van der Waals surface area (Å²) in [5.74, 6) is -22.0. The number of fused-ring (bicyclic) bond motifs is 13. The van der Waals surface area contributed by atoms with Gasteiger partial charge in [-0.15, -0.1) is 0 Å². The van der Waals surface area contributed by atoms with Crippen molar-refractivity contribution in [3.8, 4) is 74.5 Å². The van der Waals surface area contributed by atoms with Crippen LogP contribution in [-0.4, -0.2) is 112 Å². The van der Waals surface area contributed by atoms with Crippen LogP contribution in [0.2, 0.25) is 0 Å². The minimum Gasteiger partial charge on any atom is -0.868 e. The third-order valence-electron chi connectivity index (χ3n) is 22.4. The van der Waals surface area contributed by atoms with Crippen LogP contribution in [0, 0.1) is 103 Å². The molecule has 111 heavy (non-hydrogen) atoms. The predicted molar refractivity (Wildman–Crippen MR) is 400 cm³/mol. The maximum absolute atomic E-state index is 14.8. The number of hydrogen-bond donors (Lipinski definition) is 0. The van der Waals surface area contributed by atoms with Crippen molar-refractivity contribution in [1.29, 1.82) is 21.0 Å². The summed E-state index contributed by atoms with van der Waals surface area (Å²) in [7, 11) is 17.6.